The Labute approximate surface area is 196 Å². The number of benzene rings is 1. The zero-order valence-corrected chi connectivity index (χ0v) is 19.8. The Morgan fingerprint density at radius 1 is 1.36 bits per heavy atom. The number of halogens is 1. The number of aromatic nitrogens is 3. The number of hydrogen-bond donors (Lipinski definition) is 2. The number of amides is 2. The molecule has 3 aromatic rings. The van der Waals surface area contributed by atoms with Crippen LogP contribution in [0.3, 0.4) is 0 Å². The van der Waals surface area contributed by atoms with E-state index in [2.05, 4.69) is 19.8 Å². The number of carbonyl (C=O) groups excluding carboxylic acids is 1. The maximum absolute atomic E-state index is 13.2. The number of pyridine rings is 1. The van der Waals surface area contributed by atoms with Crippen molar-refractivity contribution in [1.82, 2.24) is 14.8 Å². The minimum atomic E-state index is -3.62. The molecule has 1 unspecified atom stereocenters. The number of anilines is 1. The van der Waals surface area contributed by atoms with Gasteiger partial charge in [-0.15, -0.1) is 4.36 Å². The summed E-state index contributed by atoms with van der Waals surface area (Å²) in [5.41, 5.74) is 1.58. The topological polar surface area (TPSA) is 134 Å². The lowest BCUT2D eigenvalue weighted by molar-refractivity contribution is 0.0972. The first-order valence-electron chi connectivity index (χ1n) is 9.92. The Kier molecular flexibility index (Phi) is 6.04. The predicted molar refractivity (Wildman–Crippen MR) is 125 cm³/mol. The van der Waals surface area contributed by atoms with Gasteiger partial charge in [0, 0.05) is 28.3 Å². The normalized spacial score (nSPS) is 16.2. The van der Waals surface area contributed by atoms with Gasteiger partial charge in [-0.25, -0.2) is 23.8 Å². The molecule has 0 bridgehead atoms. The molecule has 1 aliphatic heterocycles. The van der Waals surface area contributed by atoms with Crippen molar-refractivity contribution in [3.63, 3.8) is 0 Å². The molecule has 0 fully saturated rings. The van der Waals surface area contributed by atoms with Crippen molar-refractivity contribution < 1.29 is 18.5 Å². The monoisotopic (exact) mass is 490 g/mol. The van der Waals surface area contributed by atoms with E-state index in [1.54, 1.807) is 41.2 Å². The van der Waals surface area contributed by atoms with Crippen molar-refractivity contribution in [3.05, 3.63) is 47.7 Å². The second kappa shape index (κ2) is 8.65. The molecule has 1 aliphatic rings. The zero-order chi connectivity index (χ0) is 23.8. The van der Waals surface area contributed by atoms with Crippen LogP contribution in [0, 0.1) is 5.41 Å². The molecule has 3 heterocycles. The number of urea groups is 1. The van der Waals surface area contributed by atoms with Gasteiger partial charge in [-0.3, -0.25) is 0 Å². The Bertz CT molecular complexity index is 1350. The summed E-state index contributed by atoms with van der Waals surface area (Å²) in [6.45, 7) is 5.01. The van der Waals surface area contributed by atoms with Gasteiger partial charge < -0.3 is 14.8 Å². The molecule has 10 nitrogen and oxygen atoms in total. The molecule has 12 heteroatoms. The van der Waals surface area contributed by atoms with E-state index in [9.17, 15) is 9.00 Å². The van der Waals surface area contributed by atoms with Crippen molar-refractivity contribution in [2.45, 2.75) is 25.3 Å². The summed E-state index contributed by atoms with van der Waals surface area (Å²) in [5, 5.41) is 13.2. The quantitative estimate of drug-likeness (QED) is 0.568. The van der Waals surface area contributed by atoms with E-state index in [1.807, 2.05) is 13.8 Å². The van der Waals surface area contributed by atoms with Crippen LogP contribution in [0.1, 0.15) is 13.8 Å². The van der Waals surface area contributed by atoms with Crippen LogP contribution in [-0.4, -0.2) is 38.7 Å². The van der Waals surface area contributed by atoms with E-state index in [0.717, 1.165) is 5.56 Å². The summed E-state index contributed by atoms with van der Waals surface area (Å²) < 4.78 is 29.4. The molecule has 33 heavy (non-hydrogen) atoms. The number of fused-ring (bicyclic) bond motifs is 1. The van der Waals surface area contributed by atoms with Gasteiger partial charge in [0.05, 0.1) is 32.1 Å². The molecular formula is C21H23ClN6O4S. The Morgan fingerprint density at radius 3 is 2.91 bits per heavy atom. The van der Waals surface area contributed by atoms with Gasteiger partial charge >= 0.3 is 6.03 Å². The van der Waals surface area contributed by atoms with Crippen LogP contribution in [-0.2, 0) is 16.5 Å². The van der Waals surface area contributed by atoms with Gasteiger partial charge in [0.1, 0.15) is 4.90 Å². The first kappa shape index (κ1) is 23.0. The molecule has 1 atom stereocenters. The smallest absolute Gasteiger partial charge is 0.354 e. The van der Waals surface area contributed by atoms with Crippen LogP contribution in [0.15, 0.2) is 52.0 Å². The van der Waals surface area contributed by atoms with Crippen LogP contribution in [0.2, 0.25) is 5.02 Å². The van der Waals surface area contributed by atoms with Crippen LogP contribution in [0.5, 0.6) is 11.8 Å². The summed E-state index contributed by atoms with van der Waals surface area (Å²) in [6.07, 6.45) is 2.90. The maximum Gasteiger partial charge on any atom is 0.354 e. The number of carbonyl (C=O) groups is 1. The second-order valence-electron chi connectivity index (χ2n) is 8.29. The standard InChI is InChI=1S/C21H23ClN6O4S/c1-21(2)11-28-19(32-12-21)17(10-25-28)33(23,30)27-20(29)26-16-9-14(22)4-5-15(16)13-6-7-24-18(8-13)31-3/h4-10H,11-12H2,1-3H3,(H3,23,26,27,29,30). The fraction of sp³-hybridized carbons (Fsp3) is 0.286. The molecule has 3 N–H and O–H groups in total. The highest BCUT2D eigenvalue weighted by atomic mass is 35.5. The Hall–Kier alpha value is -3.15. The molecule has 0 saturated carbocycles. The van der Waals surface area contributed by atoms with Crippen molar-refractivity contribution in [1.29, 1.82) is 0 Å². The van der Waals surface area contributed by atoms with Crippen molar-refractivity contribution in [2.75, 3.05) is 19.0 Å². The highest BCUT2D eigenvalue weighted by molar-refractivity contribution is 7.91. The number of methoxy groups -OCH3 is 1. The van der Waals surface area contributed by atoms with Crippen LogP contribution in [0.25, 0.3) is 11.1 Å². The molecule has 0 spiro atoms. The molecule has 0 radical (unpaired) electrons. The third-order valence-electron chi connectivity index (χ3n) is 4.95. The van der Waals surface area contributed by atoms with Gasteiger partial charge in [-0.1, -0.05) is 31.5 Å². The first-order valence-corrected chi connectivity index (χ1v) is 11.9. The number of nitrogens with two attached hydrogens (primary N) is 1. The maximum atomic E-state index is 13.2. The van der Waals surface area contributed by atoms with Crippen LogP contribution in [0.4, 0.5) is 10.5 Å². The number of nitrogens with one attached hydrogen (secondary N) is 1. The Morgan fingerprint density at radius 2 is 2.15 bits per heavy atom. The number of nitrogens with zero attached hydrogens (tertiary/aromatic N) is 4. The fourth-order valence-corrected chi connectivity index (χ4v) is 4.58. The summed E-state index contributed by atoms with van der Waals surface area (Å²) in [6, 6.07) is 7.53. The van der Waals surface area contributed by atoms with Crippen LogP contribution < -0.4 is 19.9 Å². The lowest BCUT2D eigenvalue weighted by Crippen LogP contribution is -2.33. The Balaban J connectivity index is 1.65. The highest BCUT2D eigenvalue weighted by Gasteiger charge is 2.32. The molecule has 0 aliphatic carbocycles. The van der Waals surface area contributed by atoms with E-state index in [4.69, 9.17) is 26.2 Å². The van der Waals surface area contributed by atoms with Gasteiger partial charge in [0.15, 0.2) is 9.92 Å². The zero-order valence-electron chi connectivity index (χ0n) is 18.2. The SMILES string of the molecule is COc1cc(-c2ccc(Cl)cc2NC(=O)N=S(N)(=O)c2cnn3c2OCC(C)(C)C3)ccn1. The van der Waals surface area contributed by atoms with Crippen molar-refractivity contribution >= 4 is 33.2 Å². The molecule has 0 saturated heterocycles. The molecule has 2 amide bonds. The van der Waals surface area contributed by atoms with E-state index < -0.39 is 15.9 Å². The average molecular weight is 491 g/mol. The summed E-state index contributed by atoms with van der Waals surface area (Å²) >= 11 is 6.14. The van der Waals surface area contributed by atoms with Crippen LogP contribution >= 0.6 is 11.6 Å². The van der Waals surface area contributed by atoms with Gasteiger partial charge in [-0.2, -0.15) is 5.10 Å². The second-order valence-corrected chi connectivity index (χ2v) is 10.5. The summed E-state index contributed by atoms with van der Waals surface area (Å²) in [4.78, 5) is 16.9. The van der Waals surface area contributed by atoms with E-state index >= 15 is 0 Å². The van der Waals surface area contributed by atoms with Gasteiger partial charge in [0.25, 0.3) is 0 Å². The molecule has 2 aromatic heterocycles. The van der Waals surface area contributed by atoms with Crippen molar-refractivity contribution in [3.8, 4) is 22.9 Å². The average Bonchev–Trinajstić information content (AvgIpc) is 3.16. The lowest BCUT2D eigenvalue weighted by Gasteiger charge is -2.30. The van der Waals surface area contributed by atoms with Crippen molar-refractivity contribution in [2.24, 2.45) is 14.9 Å². The lowest BCUT2D eigenvalue weighted by atomic mass is 9.94. The molecule has 174 valence electrons. The minimum Gasteiger partial charge on any atom is -0.481 e. The fourth-order valence-electron chi connectivity index (χ4n) is 3.40. The largest absolute Gasteiger partial charge is 0.481 e. The molecule has 4 rings (SSSR count). The predicted octanol–water partition coefficient (Wildman–Crippen LogP) is 3.96. The third kappa shape index (κ3) is 4.95. The third-order valence-corrected chi connectivity index (χ3v) is 6.53. The summed E-state index contributed by atoms with van der Waals surface area (Å²) in [7, 11) is -2.11. The van der Waals surface area contributed by atoms with E-state index in [-0.39, 0.29) is 16.2 Å². The van der Waals surface area contributed by atoms with Gasteiger partial charge in [-0.05, 0) is 23.8 Å². The van der Waals surface area contributed by atoms with E-state index in [1.165, 1.54) is 13.3 Å². The minimum absolute atomic E-state index is 0.0679. The van der Waals surface area contributed by atoms with E-state index in [0.29, 0.717) is 35.3 Å². The number of hydrogen-bond acceptors (Lipinski definition) is 6. The highest BCUT2D eigenvalue weighted by Crippen LogP contribution is 2.34. The summed E-state index contributed by atoms with van der Waals surface area (Å²) in [5.74, 6) is 0.661. The molecule has 1 aromatic carbocycles. The van der Waals surface area contributed by atoms with Gasteiger partial charge in [0.2, 0.25) is 11.8 Å². The first-order chi connectivity index (χ1) is 15.6. The number of ether oxygens (including phenoxy) is 2. The molecular weight excluding hydrogens is 468 g/mol. The number of rotatable bonds is 4.